The van der Waals surface area contributed by atoms with E-state index < -0.39 is 12.1 Å². The van der Waals surface area contributed by atoms with Crippen molar-refractivity contribution in [3.63, 3.8) is 0 Å². The highest BCUT2D eigenvalue weighted by Crippen LogP contribution is 2.25. The maximum atomic E-state index is 12.5. The second-order valence-electron chi connectivity index (χ2n) is 7.28. The summed E-state index contributed by atoms with van der Waals surface area (Å²) in [5.41, 5.74) is 4.59. The number of ether oxygens (including phenoxy) is 1. The Bertz CT molecular complexity index is 1200. The number of aromatic nitrogens is 3. The van der Waals surface area contributed by atoms with Crippen LogP contribution in [0.15, 0.2) is 42.5 Å². The predicted molar refractivity (Wildman–Crippen MR) is 131 cm³/mol. The summed E-state index contributed by atoms with van der Waals surface area (Å²) < 4.78 is 5.09. The van der Waals surface area contributed by atoms with Crippen LogP contribution in [0, 0.1) is 12.3 Å². The van der Waals surface area contributed by atoms with Crippen molar-refractivity contribution in [2.75, 3.05) is 34.9 Å². The van der Waals surface area contributed by atoms with E-state index in [1.165, 1.54) is 12.8 Å². The number of nitrogens with zero attached hydrogens (tertiary/aromatic N) is 5. The van der Waals surface area contributed by atoms with Crippen LogP contribution in [0.4, 0.5) is 26.2 Å². The van der Waals surface area contributed by atoms with Gasteiger partial charge >= 0.3 is 12.1 Å². The molecule has 0 aliphatic carbocycles. The summed E-state index contributed by atoms with van der Waals surface area (Å²) in [5.74, 6) is 3.29. The number of nitrogens with one attached hydrogen (secondary N) is 2. The van der Waals surface area contributed by atoms with Crippen molar-refractivity contribution in [2.45, 2.75) is 19.8 Å². The molecule has 3 heterocycles. The molecule has 0 unspecified atom stereocenters. The smallest absolute Gasteiger partial charge is 0.433 e. The molecule has 3 amide bonds. The Balaban J connectivity index is 1.50. The van der Waals surface area contributed by atoms with Gasteiger partial charge < -0.3 is 9.64 Å². The number of anilines is 3. The number of urea groups is 1. The topological polar surface area (TPSA) is 113 Å². The van der Waals surface area contributed by atoms with E-state index >= 15 is 0 Å². The first-order valence-electron chi connectivity index (χ1n) is 10.7. The number of rotatable bonds is 5. The SMILES string of the molecule is C#Cc1nnc(NC(=O)NN(C(=O)OCC)c2ccc(-c3cccc(N4CCCC4)n3)cc2)s1. The van der Waals surface area contributed by atoms with Crippen molar-refractivity contribution in [2.24, 2.45) is 0 Å². The molecule has 1 fully saturated rings. The summed E-state index contributed by atoms with van der Waals surface area (Å²) in [6, 6.07) is 12.3. The van der Waals surface area contributed by atoms with Crippen LogP contribution >= 0.6 is 11.3 Å². The Morgan fingerprint density at radius 1 is 1.18 bits per heavy atom. The third kappa shape index (κ3) is 5.41. The van der Waals surface area contributed by atoms with Gasteiger partial charge in [0.05, 0.1) is 18.0 Å². The summed E-state index contributed by atoms with van der Waals surface area (Å²) in [4.78, 5) is 32.0. The van der Waals surface area contributed by atoms with Gasteiger partial charge in [-0.15, -0.1) is 16.6 Å². The Kier molecular flexibility index (Phi) is 7.19. The lowest BCUT2D eigenvalue weighted by Gasteiger charge is -2.22. The standard InChI is InChI=1S/C23H23N7O3S/c1-3-20-26-27-22(34-20)25-21(31)28-30(23(32)33-4-2)17-12-10-16(11-13-17)18-8-7-9-19(24-18)29-14-5-6-15-29/h1,7-13H,4-6,14-15H2,2H3,(H2,25,27,28,31). The van der Waals surface area contributed by atoms with E-state index in [2.05, 4.69) is 31.8 Å². The molecule has 0 saturated carbocycles. The molecule has 1 aromatic carbocycles. The molecule has 34 heavy (non-hydrogen) atoms. The average molecular weight is 478 g/mol. The van der Waals surface area contributed by atoms with Crippen molar-refractivity contribution >= 4 is 40.1 Å². The highest BCUT2D eigenvalue weighted by Gasteiger charge is 2.21. The number of carbonyl (C=O) groups excluding carboxylic acids is 2. The third-order valence-corrected chi connectivity index (χ3v) is 5.79. The number of hydrogen-bond donors (Lipinski definition) is 2. The lowest BCUT2D eigenvalue weighted by molar-refractivity contribution is 0.156. The van der Waals surface area contributed by atoms with E-state index in [-0.39, 0.29) is 11.7 Å². The second kappa shape index (κ2) is 10.6. The van der Waals surface area contributed by atoms with Crippen LogP contribution in [0.1, 0.15) is 24.8 Å². The number of pyridine rings is 1. The third-order valence-electron chi connectivity index (χ3n) is 5.02. The quantitative estimate of drug-likeness (QED) is 0.424. The average Bonchev–Trinajstić information content (AvgIpc) is 3.55. The van der Waals surface area contributed by atoms with E-state index in [1.54, 1.807) is 19.1 Å². The van der Waals surface area contributed by atoms with E-state index in [0.29, 0.717) is 10.7 Å². The summed E-state index contributed by atoms with van der Waals surface area (Å²) in [7, 11) is 0. The van der Waals surface area contributed by atoms with Crippen LogP contribution in [0.5, 0.6) is 0 Å². The minimum atomic E-state index is -0.735. The fourth-order valence-electron chi connectivity index (χ4n) is 3.45. The van der Waals surface area contributed by atoms with Crippen LogP contribution in [0.2, 0.25) is 0 Å². The van der Waals surface area contributed by atoms with Gasteiger partial charge in [-0.25, -0.2) is 20.0 Å². The Morgan fingerprint density at radius 3 is 2.62 bits per heavy atom. The normalized spacial score (nSPS) is 12.6. The zero-order valence-electron chi connectivity index (χ0n) is 18.5. The van der Waals surface area contributed by atoms with Crippen molar-refractivity contribution in [3.8, 4) is 23.6 Å². The molecular formula is C23H23N7O3S. The molecule has 1 aliphatic heterocycles. The van der Waals surface area contributed by atoms with Gasteiger partial charge in [0, 0.05) is 18.7 Å². The maximum absolute atomic E-state index is 12.5. The largest absolute Gasteiger partial charge is 0.448 e. The van der Waals surface area contributed by atoms with E-state index in [0.717, 1.165) is 46.5 Å². The van der Waals surface area contributed by atoms with Gasteiger partial charge in [-0.2, -0.15) is 5.01 Å². The fraction of sp³-hybridized carbons (Fsp3) is 0.261. The predicted octanol–water partition coefficient (Wildman–Crippen LogP) is 3.88. The van der Waals surface area contributed by atoms with Crippen LogP contribution in [-0.4, -0.2) is 47.0 Å². The van der Waals surface area contributed by atoms with Gasteiger partial charge in [0.1, 0.15) is 5.82 Å². The van der Waals surface area contributed by atoms with Gasteiger partial charge in [0.25, 0.3) is 0 Å². The second-order valence-corrected chi connectivity index (χ2v) is 8.26. The Labute approximate surface area is 200 Å². The summed E-state index contributed by atoms with van der Waals surface area (Å²) in [6.07, 6.45) is 6.89. The van der Waals surface area contributed by atoms with Gasteiger partial charge in [0.2, 0.25) is 5.13 Å². The highest BCUT2D eigenvalue weighted by atomic mass is 32.1. The molecule has 174 valence electrons. The molecule has 2 N–H and O–H groups in total. The molecule has 1 aliphatic rings. The molecule has 2 aromatic heterocycles. The molecule has 1 saturated heterocycles. The first kappa shape index (κ1) is 23.0. The van der Waals surface area contributed by atoms with Crippen LogP contribution in [0.3, 0.4) is 0 Å². The van der Waals surface area contributed by atoms with E-state index in [9.17, 15) is 9.59 Å². The molecular weight excluding hydrogens is 454 g/mol. The lowest BCUT2D eigenvalue weighted by atomic mass is 10.1. The first-order valence-corrected chi connectivity index (χ1v) is 11.6. The molecule has 0 bridgehead atoms. The number of hydrogen-bond acceptors (Lipinski definition) is 8. The molecule has 0 atom stereocenters. The molecule has 3 aromatic rings. The fourth-order valence-corrected chi connectivity index (χ4v) is 4.00. The Hall–Kier alpha value is -4.17. The van der Waals surface area contributed by atoms with E-state index in [1.807, 2.05) is 30.3 Å². The molecule has 4 rings (SSSR count). The van der Waals surface area contributed by atoms with Gasteiger partial charge in [-0.3, -0.25) is 5.32 Å². The van der Waals surface area contributed by atoms with Gasteiger partial charge in [-0.1, -0.05) is 29.5 Å². The minimum absolute atomic E-state index is 0.145. The molecule has 0 radical (unpaired) electrons. The van der Waals surface area contributed by atoms with Crippen molar-refractivity contribution in [1.29, 1.82) is 0 Å². The van der Waals surface area contributed by atoms with E-state index in [4.69, 9.17) is 16.1 Å². The zero-order valence-corrected chi connectivity index (χ0v) is 19.3. The first-order chi connectivity index (χ1) is 16.6. The number of amides is 3. The number of benzene rings is 1. The minimum Gasteiger partial charge on any atom is -0.448 e. The molecule has 0 spiro atoms. The Morgan fingerprint density at radius 2 is 1.94 bits per heavy atom. The van der Waals surface area contributed by atoms with Gasteiger partial charge in [0.15, 0.2) is 5.01 Å². The van der Waals surface area contributed by atoms with Crippen LogP contribution in [0.25, 0.3) is 11.3 Å². The van der Waals surface area contributed by atoms with Crippen molar-refractivity contribution in [1.82, 2.24) is 20.6 Å². The van der Waals surface area contributed by atoms with Crippen molar-refractivity contribution in [3.05, 3.63) is 47.5 Å². The lowest BCUT2D eigenvalue weighted by Crippen LogP contribution is -2.48. The highest BCUT2D eigenvalue weighted by molar-refractivity contribution is 7.15. The number of carbonyl (C=O) groups is 2. The number of hydrazine groups is 1. The summed E-state index contributed by atoms with van der Waals surface area (Å²) in [6.45, 7) is 3.85. The zero-order chi connectivity index (χ0) is 23.9. The summed E-state index contributed by atoms with van der Waals surface area (Å²) >= 11 is 1.04. The molecule has 11 heteroatoms. The number of terminal acetylenes is 1. The van der Waals surface area contributed by atoms with Crippen LogP contribution < -0.4 is 20.7 Å². The summed E-state index contributed by atoms with van der Waals surface area (Å²) in [5, 5.41) is 11.6. The van der Waals surface area contributed by atoms with Gasteiger partial charge in [-0.05, 0) is 50.0 Å². The molecule has 10 nitrogen and oxygen atoms in total. The maximum Gasteiger partial charge on any atom is 0.433 e. The monoisotopic (exact) mass is 477 g/mol. The van der Waals surface area contributed by atoms with Crippen LogP contribution in [-0.2, 0) is 4.74 Å². The van der Waals surface area contributed by atoms with Crippen molar-refractivity contribution < 1.29 is 14.3 Å².